The van der Waals surface area contributed by atoms with E-state index in [9.17, 15) is 4.79 Å². The highest BCUT2D eigenvalue weighted by Crippen LogP contribution is 2.50. The number of methoxy groups -OCH3 is 1. The summed E-state index contributed by atoms with van der Waals surface area (Å²) >= 11 is 6.06. The van der Waals surface area contributed by atoms with Crippen LogP contribution in [0.1, 0.15) is 37.7 Å². The highest BCUT2D eigenvalue weighted by atomic mass is 35.5. The Morgan fingerprint density at radius 3 is 2.50 bits per heavy atom. The van der Waals surface area contributed by atoms with Crippen LogP contribution in [0.5, 0.6) is 5.75 Å². The standard InChI is InChI=1S/C18H24ClNO2/c1-20(11-14-9-15(19)7-8-17(14)22-2)18(21)10-16(12-3-4-12)13-5-6-13/h7-9,12-13,16H,3-6,10-11H2,1-2H3. The van der Waals surface area contributed by atoms with Crippen LogP contribution in [-0.4, -0.2) is 25.0 Å². The van der Waals surface area contributed by atoms with E-state index in [4.69, 9.17) is 16.3 Å². The van der Waals surface area contributed by atoms with Gasteiger partial charge in [-0.3, -0.25) is 4.79 Å². The van der Waals surface area contributed by atoms with Crippen LogP contribution in [0, 0.1) is 17.8 Å². The number of amides is 1. The molecule has 0 radical (unpaired) electrons. The lowest BCUT2D eigenvalue weighted by Crippen LogP contribution is -2.29. The van der Waals surface area contributed by atoms with E-state index in [2.05, 4.69) is 0 Å². The van der Waals surface area contributed by atoms with E-state index >= 15 is 0 Å². The number of carbonyl (C=O) groups excluding carboxylic acids is 1. The molecule has 2 saturated carbocycles. The first-order valence-corrected chi connectivity index (χ1v) is 8.52. The first-order chi connectivity index (χ1) is 10.6. The molecule has 0 atom stereocenters. The van der Waals surface area contributed by atoms with Crippen LogP contribution in [0.2, 0.25) is 5.02 Å². The van der Waals surface area contributed by atoms with Crippen LogP contribution in [0.4, 0.5) is 0 Å². The van der Waals surface area contributed by atoms with Gasteiger partial charge in [-0.05, 0) is 61.6 Å². The number of halogens is 1. The molecule has 2 fully saturated rings. The monoisotopic (exact) mass is 321 g/mol. The molecule has 120 valence electrons. The number of benzene rings is 1. The normalized spacial score (nSPS) is 17.6. The van der Waals surface area contributed by atoms with Gasteiger partial charge in [0.1, 0.15) is 5.75 Å². The maximum absolute atomic E-state index is 12.6. The second-order valence-corrected chi connectivity index (χ2v) is 7.19. The molecule has 1 aromatic carbocycles. The van der Waals surface area contributed by atoms with E-state index in [1.807, 2.05) is 30.1 Å². The van der Waals surface area contributed by atoms with E-state index in [0.717, 1.165) is 23.1 Å². The Labute approximate surface area is 137 Å². The van der Waals surface area contributed by atoms with Crippen molar-refractivity contribution in [2.24, 2.45) is 17.8 Å². The van der Waals surface area contributed by atoms with Gasteiger partial charge in [0.2, 0.25) is 5.91 Å². The number of ether oxygens (including phenoxy) is 1. The van der Waals surface area contributed by atoms with Gasteiger partial charge in [0.25, 0.3) is 0 Å². The highest BCUT2D eigenvalue weighted by Gasteiger charge is 2.42. The summed E-state index contributed by atoms with van der Waals surface area (Å²) in [6.07, 6.45) is 5.98. The van der Waals surface area contributed by atoms with Crippen LogP contribution < -0.4 is 4.74 Å². The largest absolute Gasteiger partial charge is 0.496 e. The molecule has 0 N–H and O–H groups in total. The third-order valence-electron chi connectivity index (χ3n) is 4.94. The van der Waals surface area contributed by atoms with Gasteiger partial charge in [0, 0.05) is 30.6 Å². The maximum Gasteiger partial charge on any atom is 0.222 e. The average Bonchev–Trinajstić information content (AvgIpc) is 3.38. The van der Waals surface area contributed by atoms with Gasteiger partial charge in [0.15, 0.2) is 0 Å². The Morgan fingerprint density at radius 2 is 1.95 bits per heavy atom. The van der Waals surface area contributed by atoms with Gasteiger partial charge in [-0.1, -0.05) is 11.6 Å². The zero-order valence-electron chi connectivity index (χ0n) is 13.3. The minimum atomic E-state index is 0.242. The fraction of sp³-hybridized carbons (Fsp3) is 0.611. The van der Waals surface area contributed by atoms with E-state index < -0.39 is 0 Å². The van der Waals surface area contributed by atoms with Gasteiger partial charge in [0.05, 0.1) is 7.11 Å². The smallest absolute Gasteiger partial charge is 0.222 e. The molecule has 22 heavy (non-hydrogen) atoms. The van der Waals surface area contributed by atoms with Crippen molar-refractivity contribution in [3.05, 3.63) is 28.8 Å². The molecule has 3 nitrogen and oxygen atoms in total. The summed E-state index contributed by atoms with van der Waals surface area (Å²) in [5, 5.41) is 0.672. The lowest BCUT2D eigenvalue weighted by Gasteiger charge is -2.22. The topological polar surface area (TPSA) is 29.5 Å². The summed E-state index contributed by atoms with van der Waals surface area (Å²) in [6.45, 7) is 0.546. The molecule has 0 aliphatic heterocycles. The predicted octanol–water partition coefficient (Wildman–Crippen LogP) is 4.13. The van der Waals surface area contributed by atoms with Crippen molar-refractivity contribution in [3.8, 4) is 5.75 Å². The van der Waals surface area contributed by atoms with Crippen molar-refractivity contribution in [2.75, 3.05) is 14.2 Å². The Morgan fingerprint density at radius 1 is 1.32 bits per heavy atom. The molecule has 0 spiro atoms. The zero-order valence-corrected chi connectivity index (χ0v) is 14.1. The number of rotatable bonds is 7. The fourth-order valence-corrected chi connectivity index (χ4v) is 3.53. The molecule has 1 aromatic rings. The van der Waals surface area contributed by atoms with Gasteiger partial charge >= 0.3 is 0 Å². The highest BCUT2D eigenvalue weighted by molar-refractivity contribution is 6.30. The van der Waals surface area contributed by atoms with Gasteiger partial charge in [-0.15, -0.1) is 0 Å². The average molecular weight is 322 g/mol. The molecule has 0 heterocycles. The third kappa shape index (κ3) is 3.75. The summed E-state index contributed by atoms with van der Waals surface area (Å²) in [5.74, 6) is 3.27. The quantitative estimate of drug-likeness (QED) is 0.755. The van der Waals surface area contributed by atoms with Crippen molar-refractivity contribution in [3.63, 3.8) is 0 Å². The maximum atomic E-state index is 12.6. The summed E-state index contributed by atoms with van der Waals surface area (Å²) in [4.78, 5) is 14.4. The number of hydrogen-bond acceptors (Lipinski definition) is 2. The van der Waals surface area contributed by atoms with Gasteiger partial charge in [-0.2, -0.15) is 0 Å². The molecule has 0 unspecified atom stereocenters. The SMILES string of the molecule is COc1ccc(Cl)cc1CN(C)C(=O)CC(C1CC1)C1CC1. The molecule has 0 aromatic heterocycles. The van der Waals surface area contributed by atoms with Crippen molar-refractivity contribution in [1.82, 2.24) is 4.90 Å². The Bertz CT molecular complexity index is 540. The predicted molar refractivity (Wildman–Crippen MR) is 88.0 cm³/mol. The second kappa shape index (κ2) is 6.49. The van der Waals surface area contributed by atoms with E-state index in [0.29, 0.717) is 23.9 Å². The number of nitrogens with zero attached hydrogens (tertiary/aromatic N) is 1. The van der Waals surface area contributed by atoms with E-state index in [1.54, 1.807) is 7.11 Å². The Balaban J connectivity index is 1.62. The molecular weight excluding hydrogens is 298 g/mol. The van der Waals surface area contributed by atoms with Crippen molar-refractivity contribution >= 4 is 17.5 Å². The van der Waals surface area contributed by atoms with Crippen LogP contribution in [0.25, 0.3) is 0 Å². The molecule has 1 amide bonds. The Kier molecular flexibility index (Phi) is 4.62. The number of hydrogen-bond donors (Lipinski definition) is 0. The van der Waals surface area contributed by atoms with Crippen LogP contribution in [0.15, 0.2) is 18.2 Å². The van der Waals surface area contributed by atoms with Crippen LogP contribution >= 0.6 is 11.6 Å². The van der Waals surface area contributed by atoms with Crippen molar-refractivity contribution < 1.29 is 9.53 Å². The molecule has 2 aliphatic rings. The number of carbonyl (C=O) groups is 1. The first-order valence-electron chi connectivity index (χ1n) is 8.15. The van der Waals surface area contributed by atoms with E-state index in [1.165, 1.54) is 25.7 Å². The van der Waals surface area contributed by atoms with Crippen LogP contribution in [0.3, 0.4) is 0 Å². The minimum Gasteiger partial charge on any atom is -0.496 e. The second-order valence-electron chi connectivity index (χ2n) is 6.75. The van der Waals surface area contributed by atoms with Gasteiger partial charge < -0.3 is 9.64 Å². The van der Waals surface area contributed by atoms with Crippen molar-refractivity contribution in [1.29, 1.82) is 0 Å². The molecule has 0 bridgehead atoms. The molecule has 2 aliphatic carbocycles. The Hall–Kier alpha value is -1.22. The minimum absolute atomic E-state index is 0.242. The summed E-state index contributed by atoms with van der Waals surface area (Å²) in [6, 6.07) is 5.54. The van der Waals surface area contributed by atoms with Crippen LogP contribution in [-0.2, 0) is 11.3 Å². The molecule has 4 heteroatoms. The summed E-state index contributed by atoms with van der Waals surface area (Å²) in [5.41, 5.74) is 0.959. The summed E-state index contributed by atoms with van der Waals surface area (Å²) in [7, 11) is 3.52. The zero-order chi connectivity index (χ0) is 15.7. The first kappa shape index (κ1) is 15.7. The molecule has 0 saturated heterocycles. The lowest BCUT2D eigenvalue weighted by molar-refractivity contribution is -0.131. The lowest BCUT2D eigenvalue weighted by atomic mass is 9.93. The fourth-order valence-electron chi connectivity index (χ4n) is 3.34. The molecule has 3 rings (SSSR count). The third-order valence-corrected chi connectivity index (χ3v) is 5.18. The van der Waals surface area contributed by atoms with Gasteiger partial charge in [-0.25, -0.2) is 0 Å². The molecular formula is C18H24ClNO2. The van der Waals surface area contributed by atoms with Crippen molar-refractivity contribution in [2.45, 2.75) is 38.6 Å². The van der Waals surface area contributed by atoms with E-state index in [-0.39, 0.29) is 5.91 Å². The summed E-state index contributed by atoms with van der Waals surface area (Å²) < 4.78 is 5.36.